The van der Waals surface area contributed by atoms with Crippen molar-refractivity contribution in [3.05, 3.63) is 34.4 Å². The average Bonchev–Trinajstić information content (AvgIpc) is 2.94. The second-order valence-corrected chi connectivity index (χ2v) is 6.68. The molecule has 0 bridgehead atoms. The van der Waals surface area contributed by atoms with Gasteiger partial charge in [-0.3, -0.25) is 15.1 Å². The highest BCUT2D eigenvalue weighted by Gasteiger charge is 2.27. The zero-order chi connectivity index (χ0) is 14.8. The van der Waals surface area contributed by atoms with E-state index in [9.17, 15) is 10.1 Å². The summed E-state index contributed by atoms with van der Waals surface area (Å²) >= 11 is 1.83. The lowest BCUT2D eigenvalue weighted by atomic mass is 10.2. The topological polar surface area (TPSA) is 62.0 Å². The van der Waals surface area contributed by atoms with Crippen molar-refractivity contribution in [3.8, 4) is 0 Å². The highest BCUT2D eigenvalue weighted by Crippen LogP contribution is 2.29. The number of nitro groups is 1. The minimum Gasteiger partial charge on any atom is -0.362 e. The van der Waals surface area contributed by atoms with Gasteiger partial charge in [-0.1, -0.05) is 30.8 Å². The first kappa shape index (κ1) is 14.2. The Labute approximate surface area is 128 Å². The number of benzene rings is 1. The van der Waals surface area contributed by atoms with Crippen LogP contribution < -0.4 is 4.90 Å². The molecule has 112 valence electrons. The first-order valence-corrected chi connectivity index (χ1v) is 7.97. The summed E-state index contributed by atoms with van der Waals surface area (Å²) in [5.74, 6) is 0. The van der Waals surface area contributed by atoms with Crippen LogP contribution in [0.4, 0.5) is 11.4 Å². The molecule has 0 aliphatic carbocycles. The van der Waals surface area contributed by atoms with Gasteiger partial charge in [0.25, 0.3) is 5.69 Å². The number of amidine groups is 1. The normalized spacial score (nSPS) is 22.3. The molecule has 0 radical (unpaired) electrons. The molecule has 0 aromatic heterocycles. The van der Waals surface area contributed by atoms with Crippen LogP contribution in [0, 0.1) is 10.1 Å². The summed E-state index contributed by atoms with van der Waals surface area (Å²) in [6, 6.07) is 6.97. The van der Waals surface area contributed by atoms with Gasteiger partial charge < -0.3 is 9.80 Å². The maximum absolute atomic E-state index is 11.1. The van der Waals surface area contributed by atoms with Crippen molar-refractivity contribution in [1.82, 2.24) is 4.90 Å². The Bertz CT molecular complexity index is 570. The number of rotatable bonds is 2. The van der Waals surface area contributed by atoms with Crippen LogP contribution in [0.5, 0.6) is 0 Å². The Balaban J connectivity index is 1.68. The minimum absolute atomic E-state index is 0.187. The molecular formula is C14H18N4O2S. The Morgan fingerprint density at radius 2 is 1.90 bits per heavy atom. The highest BCUT2D eigenvalue weighted by molar-refractivity contribution is 8.14. The van der Waals surface area contributed by atoms with Crippen LogP contribution in [0.3, 0.4) is 0 Å². The fraction of sp³-hybridized carbons (Fsp3) is 0.500. The minimum atomic E-state index is -0.305. The molecule has 2 aliphatic rings. The van der Waals surface area contributed by atoms with Crippen molar-refractivity contribution >= 4 is 28.3 Å². The number of hydrogen-bond acceptors (Lipinski definition) is 6. The van der Waals surface area contributed by atoms with Crippen LogP contribution in [0.25, 0.3) is 0 Å². The lowest BCUT2D eigenvalue weighted by Gasteiger charge is -2.36. The number of para-hydroxylation sites is 2. The van der Waals surface area contributed by atoms with Crippen molar-refractivity contribution in [3.63, 3.8) is 0 Å². The van der Waals surface area contributed by atoms with Crippen LogP contribution in [0.2, 0.25) is 0 Å². The summed E-state index contributed by atoms with van der Waals surface area (Å²) < 4.78 is 0. The molecule has 1 saturated heterocycles. The van der Waals surface area contributed by atoms with E-state index in [4.69, 9.17) is 0 Å². The number of nitrogens with zero attached hydrogens (tertiary/aromatic N) is 4. The van der Waals surface area contributed by atoms with Gasteiger partial charge in [-0.2, -0.15) is 0 Å². The summed E-state index contributed by atoms with van der Waals surface area (Å²) in [4.78, 5) is 19.8. The maximum atomic E-state index is 11.1. The molecule has 0 N–H and O–H groups in total. The second kappa shape index (κ2) is 5.93. The highest BCUT2D eigenvalue weighted by atomic mass is 32.2. The van der Waals surface area contributed by atoms with Crippen LogP contribution >= 0.6 is 11.8 Å². The van der Waals surface area contributed by atoms with Gasteiger partial charge in [0.2, 0.25) is 0 Å². The molecule has 6 nitrogen and oxygen atoms in total. The average molecular weight is 306 g/mol. The molecule has 21 heavy (non-hydrogen) atoms. The van der Waals surface area contributed by atoms with E-state index in [-0.39, 0.29) is 10.6 Å². The summed E-state index contributed by atoms with van der Waals surface area (Å²) in [6.07, 6.45) is 0. The standard InChI is InChI=1S/C14H18N4O2S/c1-11-10-15-14(21-11)17-8-6-16(7-9-17)12-4-2-3-5-13(12)18(19)20/h2-5,11H,6-10H2,1H3. The van der Waals surface area contributed by atoms with Crippen molar-refractivity contribution in [2.45, 2.75) is 12.2 Å². The van der Waals surface area contributed by atoms with E-state index in [0.29, 0.717) is 5.25 Å². The second-order valence-electron chi connectivity index (χ2n) is 5.27. The van der Waals surface area contributed by atoms with Crippen molar-refractivity contribution in [2.75, 3.05) is 37.6 Å². The number of piperazine rings is 1. The molecule has 1 aromatic carbocycles. The van der Waals surface area contributed by atoms with Crippen LogP contribution in [0.1, 0.15) is 6.92 Å². The predicted octanol–water partition coefficient (Wildman–Crippen LogP) is 2.21. The molecule has 1 unspecified atom stereocenters. The summed E-state index contributed by atoms with van der Waals surface area (Å²) in [7, 11) is 0. The summed E-state index contributed by atoms with van der Waals surface area (Å²) in [5, 5.41) is 12.8. The third kappa shape index (κ3) is 2.97. The Morgan fingerprint density at radius 1 is 1.24 bits per heavy atom. The zero-order valence-electron chi connectivity index (χ0n) is 11.9. The molecule has 1 atom stereocenters. The number of hydrogen-bond donors (Lipinski definition) is 0. The Morgan fingerprint density at radius 3 is 2.52 bits per heavy atom. The Hall–Kier alpha value is -1.76. The fourth-order valence-electron chi connectivity index (χ4n) is 2.66. The van der Waals surface area contributed by atoms with E-state index in [2.05, 4.69) is 21.7 Å². The van der Waals surface area contributed by atoms with Gasteiger partial charge in [-0.15, -0.1) is 0 Å². The first-order chi connectivity index (χ1) is 10.1. The van der Waals surface area contributed by atoms with Crippen LogP contribution in [-0.4, -0.2) is 53.0 Å². The SMILES string of the molecule is CC1CN=C(N2CCN(c3ccccc3[N+](=O)[O-])CC2)S1. The van der Waals surface area contributed by atoms with E-state index in [1.54, 1.807) is 12.1 Å². The number of aliphatic imine (C=N–C) groups is 1. The van der Waals surface area contributed by atoms with Gasteiger partial charge >= 0.3 is 0 Å². The number of nitro benzene ring substituents is 1. The molecule has 0 spiro atoms. The van der Waals surface area contributed by atoms with E-state index >= 15 is 0 Å². The third-order valence-electron chi connectivity index (χ3n) is 3.76. The Kier molecular flexibility index (Phi) is 4.01. The first-order valence-electron chi connectivity index (χ1n) is 7.09. The quantitative estimate of drug-likeness (QED) is 0.619. The lowest BCUT2D eigenvalue weighted by Crippen LogP contribution is -2.48. The molecule has 1 fully saturated rings. The van der Waals surface area contributed by atoms with E-state index < -0.39 is 0 Å². The van der Waals surface area contributed by atoms with Crippen molar-refractivity contribution in [2.24, 2.45) is 4.99 Å². The lowest BCUT2D eigenvalue weighted by molar-refractivity contribution is -0.384. The van der Waals surface area contributed by atoms with Gasteiger partial charge in [0.15, 0.2) is 5.17 Å². The summed E-state index contributed by atoms with van der Waals surface area (Å²) in [6.45, 7) is 6.39. The molecule has 2 heterocycles. The molecular weight excluding hydrogens is 288 g/mol. The van der Waals surface area contributed by atoms with E-state index in [1.165, 1.54) is 0 Å². The predicted molar refractivity (Wildman–Crippen MR) is 86.2 cm³/mol. The fourth-order valence-corrected chi connectivity index (χ4v) is 3.65. The number of anilines is 1. The van der Waals surface area contributed by atoms with Crippen LogP contribution in [-0.2, 0) is 0 Å². The molecule has 3 rings (SSSR count). The van der Waals surface area contributed by atoms with Crippen LogP contribution in [0.15, 0.2) is 29.3 Å². The van der Waals surface area contributed by atoms with Crippen molar-refractivity contribution in [1.29, 1.82) is 0 Å². The maximum Gasteiger partial charge on any atom is 0.292 e. The van der Waals surface area contributed by atoms with Gasteiger partial charge in [0, 0.05) is 37.5 Å². The van der Waals surface area contributed by atoms with E-state index in [0.717, 1.165) is 43.6 Å². The number of thioether (sulfide) groups is 1. The molecule has 0 amide bonds. The molecule has 2 aliphatic heterocycles. The van der Waals surface area contributed by atoms with E-state index in [1.807, 2.05) is 23.9 Å². The zero-order valence-corrected chi connectivity index (χ0v) is 12.8. The van der Waals surface area contributed by atoms with Gasteiger partial charge in [-0.25, -0.2) is 0 Å². The van der Waals surface area contributed by atoms with Gasteiger partial charge in [0.1, 0.15) is 5.69 Å². The summed E-state index contributed by atoms with van der Waals surface area (Å²) in [5.41, 5.74) is 0.906. The molecule has 0 saturated carbocycles. The molecule has 1 aromatic rings. The van der Waals surface area contributed by atoms with Crippen molar-refractivity contribution < 1.29 is 4.92 Å². The monoisotopic (exact) mass is 306 g/mol. The molecule has 7 heteroatoms. The van der Waals surface area contributed by atoms with Gasteiger partial charge in [-0.05, 0) is 6.07 Å². The smallest absolute Gasteiger partial charge is 0.292 e. The third-order valence-corrected chi connectivity index (χ3v) is 4.91. The van der Waals surface area contributed by atoms with Gasteiger partial charge in [0.05, 0.1) is 11.5 Å². The largest absolute Gasteiger partial charge is 0.362 e.